The number of rotatable bonds is 6. The van der Waals surface area contributed by atoms with Crippen LogP contribution in [0.25, 0.3) is 11.1 Å². The van der Waals surface area contributed by atoms with Crippen molar-refractivity contribution in [1.82, 2.24) is 14.8 Å². The Hall–Kier alpha value is -2.50. The van der Waals surface area contributed by atoms with Gasteiger partial charge in [0.15, 0.2) is 0 Å². The maximum Gasteiger partial charge on any atom is 0.229 e. The van der Waals surface area contributed by atoms with Crippen molar-refractivity contribution in [2.45, 2.75) is 19.4 Å². The first-order valence-corrected chi connectivity index (χ1v) is 10.9. The molecule has 0 saturated carbocycles. The third-order valence-corrected chi connectivity index (χ3v) is 6.48. The number of pyridine rings is 1. The Kier molecular flexibility index (Phi) is 5.79. The average Bonchev–Trinajstić information content (AvgIpc) is 3.40. The maximum atomic E-state index is 13.2. The fourth-order valence-corrected chi connectivity index (χ4v) is 5.01. The van der Waals surface area contributed by atoms with Gasteiger partial charge in [-0.1, -0.05) is 24.3 Å². The molecule has 3 heterocycles. The molecule has 1 aliphatic rings. The summed E-state index contributed by atoms with van der Waals surface area (Å²) in [5.41, 5.74) is 4.59. The second kappa shape index (κ2) is 8.47. The van der Waals surface area contributed by atoms with Gasteiger partial charge < -0.3 is 4.90 Å². The fourth-order valence-electron chi connectivity index (χ4n) is 4.34. The molecule has 0 unspecified atom stereocenters. The van der Waals surface area contributed by atoms with Crippen LogP contribution in [0.15, 0.2) is 65.6 Å². The number of carbonyl (C=O) groups excluding carboxylic acids is 1. The second-order valence-electron chi connectivity index (χ2n) is 8.18. The molecule has 0 bridgehead atoms. The predicted molar refractivity (Wildman–Crippen MR) is 119 cm³/mol. The summed E-state index contributed by atoms with van der Waals surface area (Å²) in [6.45, 7) is 2.59. The number of thiophene rings is 1. The van der Waals surface area contributed by atoms with Crippen LogP contribution in [0.4, 0.5) is 0 Å². The fraction of sp³-hybridized carbons (Fsp3) is 0.333. The van der Waals surface area contributed by atoms with Gasteiger partial charge in [-0.3, -0.25) is 14.7 Å². The van der Waals surface area contributed by atoms with Crippen molar-refractivity contribution in [3.05, 3.63) is 76.7 Å². The molecule has 2 aromatic heterocycles. The van der Waals surface area contributed by atoms with Gasteiger partial charge in [0.25, 0.3) is 0 Å². The second-order valence-corrected chi connectivity index (χ2v) is 8.96. The van der Waals surface area contributed by atoms with Crippen LogP contribution in [-0.2, 0) is 17.8 Å². The molecule has 5 heteroatoms. The van der Waals surface area contributed by atoms with Crippen LogP contribution < -0.4 is 0 Å². The lowest BCUT2D eigenvalue weighted by Gasteiger charge is -2.31. The zero-order valence-corrected chi connectivity index (χ0v) is 17.9. The zero-order valence-electron chi connectivity index (χ0n) is 17.0. The van der Waals surface area contributed by atoms with E-state index in [2.05, 4.69) is 63.1 Å². The van der Waals surface area contributed by atoms with E-state index in [1.807, 2.05) is 26.5 Å². The van der Waals surface area contributed by atoms with Crippen LogP contribution >= 0.6 is 11.3 Å². The summed E-state index contributed by atoms with van der Waals surface area (Å²) >= 11 is 1.71. The Labute approximate surface area is 176 Å². The molecule has 1 fully saturated rings. The normalized spacial score (nSPS) is 19.4. The van der Waals surface area contributed by atoms with Gasteiger partial charge in [-0.15, -0.1) is 0 Å². The number of aromatic nitrogens is 1. The van der Waals surface area contributed by atoms with E-state index in [1.54, 1.807) is 16.2 Å². The highest BCUT2D eigenvalue weighted by Gasteiger charge is 2.45. The lowest BCUT2D eigenvalue weighted by atomic mass is 9.79. The van der Waals surface area contributed by atoms with Gasteiger partial charge >= 0.3 is 0 Å². The van der Waals surface area contributed by atoms with Crippen LogP contribution in [0, 0.1) is 5.41 Å². The van der Waals surface area contributed by atoms with E-state index in [9.17, 15) is 4.79 Å². The molecule has 4 nitrogen and oxygen atoms in total. The highest BCUT2D eigenvalue weighted by Crippen LogP contribution is 2.37. The number of nitrogens with zero attached hydrogens (tertiary/aromatic N) is 3. The van der Waals surface area contributed by atoms with Gasteiger partial charge in [0, 0.05) is 39.6 Å². The third-order valence-electron chi connectivity index (χ3n) is 5.80. The van der Waals surface area contributed by atoms with Crippen molar-refractivity contribution < 1.29 is 4.79 Å². The molecule has 4 rings (SSSR count). The summed E-state index contributed by atoms with van der Waals surface area (Å²) in [7, 11) is 3.74. The minimum Gasteiger partial charge on any atom is -0.348 e. The molecule has 0 N–H and O–H groups in total. The van der Waals surface area contributed by atoms with Gasteiger partial charge in [-0.05, 0) is 70.6 Å². The Morgan fingerprint density at radius 3 is 2.48 bits per heavy atom. The van der Waals surface area contributed by atoms with Crippen molar-refractivity contribution in [2.24, 2.45) is 5.41 Å². The first kappa shape index (κ1) is 19.8. The molecule has 150 valence electrons. The van der Waals surface area contributed by atoms with Gasteiger partial charge in [0.1, 0.15) is 0 Å². The smallest absolute Gasteiger partial charge is 0.229 e. The van der Waals surface area contributed by atoms with Gasteiger partial charge in [0.2, 0.25) is 5.91 Å². The van der Waals surface area contributed by atoms with E-state index >= 15 is 0 Å². The Morgan fingerprint density at radius 1 is 1.07 bits per heavy atom. The molecule has 29 heavy (non-hydrogen) atoms. The number of hydrogen-bond donors (Lipinski definition) is 0. The van der Waals surface area contributed by atoms with E-state index in [0.717, 1.165) is 32.5 Å². The van der Waals surface area contributed by atoms with Gasteiger partial charge in [-0.25, -0.2) is 0 Å². The first-order valence-electron chi connectivity index (χ1n) is 10.0. The number of benzene rings is 1. The standard InChI is InChI=1S/C24H27N3OS/c1-26(2)23(28)24(10-13-27(18-24)16-20-7-11-25-12-8-20)15-19-3-5-21(6-4-19)22-9-14-29-17-22/h3-9,11-12,14,17H,10,13,15-16,18H2,1-2H3/t24-/m0/s1. The molecule has 1 aliphatic heterocycles. The van der Waals surface area contributed by atoms with Crippen molar-refractivity contribution in [3.8, 4) is 11.1 Å². The third kappa shape index (κ3) is 4.41. The Morgan fingerprint density at radius 2 is 1.83 bits per heavy atom. The highest BCUT2D eigenvalue weighted by atomic mass is 32.1. The number of likely N-dealkylation sites (tertiary alicyclic amines) is 1. The topological polar surface area (TPSA) is 36.4 Å². The lowest BCUT2D eigenvalue weighted by Crippen LogP contribution is -2.43. The molecule has 1 atom stereocenters. The van der Waals surface area contributed by atoms with E-state index in [4.69, 9.17) is 0 Å². The highest BCUT2D eigenvalue weighted by molar-refractivity contribution is 7.08. The van der Waals surface area contributed by atoms with Gasteiger partial charge in [0.05, 0.1) is 5.41 Å². The largest absolute Gasteiger partial charge is 0.348 e. The van der Waals surface area contributed by atoms with E-state index < -0.39 is 0 Å². The minimum atomic E-state index is -0.361. The van der Waals surface area contributed by atoms with Crippen molar-refractivity contribution in [3.63, 3.8) is 0 Å². The van der Waals surface area contributed by atoms with Crippen molar-refractivity contribution in [1.29, 1.82) is 0 Å². The summed E-state index contributed by atoms with van der Waals surface area (Å²) in [6, 6.07) is 15.0. The summed E-state index contributed by atoms with van der Waals surface area (Å²) in [6.07, 6.45) is 5.33. The quantitative estimate of drug-likeness (QED) is 0.612. The lowest BCUT2D eigenvalue weighted by molar-refractivity contribution is -0.138. The monoisotopic (exact) mass is 405 g/mol. The average molecular weight is 406 g/mol. The van der Waals surface area contributed by atoms with Crippen LogP contribution in [0.3, 0.4) is 0 Å². The van der Waals surface area contributed by atoms with E-state index in [1.165, 1.54) is 22.3 Å². The molecular weight excluding hydrogens is 378 g/mol. The van der Waals surface area contributed by atoms with Crippen LogP contribution in [0.1, 0.15) is 17.5 Å². The Bertz CT molecular complexity index is 938. The summed E-state index contributed by atoms with van der Waals surface area (Å²) in [4.78, 5) is 21.5. The molecule has 1 aromatic carbocycles. The number of carbonyl (C=O) groups is 1. The number of hydrogen-bond acceptors (Lipinski definition) is 4. The van der Waals surface area contributed by atoms with Crippen molar-refractivity contribution >= 4 is 17.2 Å². The summed E-state index contributed by atoms with van der Waals surface area (Å²) < 4.78 is 0. The minimum absolute atomic E-state index is 0.233. The van der Waals surface area contributed by atoms with Crippen LogP contribution in [-0.4, -0.2) is 47.9 Å². The number of amides is 1. The molecule has 0 radical (unpaired) electrons. The SMILES string of the molecule is CN(C)C(=O)[C@]1(Cc2ccc(-c3ccsc3)cc2)CCN(Cc2ccncc2)C1. The molecular formula is C24H27N3OS. The molecule has 0 aliphatic carbocycles. The summed E-state index contributed by atoms with van der Waals surface area (Å²) in [5.74, 6) is 0.233. The van der Waals surface area contributed by atoms with Gasteiger partial charge in [-0.2, -0.15) is 11.3 Å². The predicted octanol–water partition coefficient (Wildman–Crippen LogP) is 4.33. The molecule has 0 spiro atoms. The van der Waals surface area contributed by atoms with Crippen LogP contribution in [0.5, 0.6) is 0 Å². The maximum absolute atomic E-state index is 13.2. The first-order chi connectivity index (χ1) is 14.1. The molecule has 3 aromatic rings. The van der Waals surface area contributed by atoms with E-state index in [-0.39, 0.29) is 11.3 Å². The van der Waals surface area contributed by atoms with Crippen LogP contribution in [0.2, 0.25) is 0 Å². The van der Waals surface area contributed by atoms with Crippen molar-refractivity contribution in [2.75, 3.05) is 27.2 Å². The Balaban J connectivity index is 1.52. The summed E-state index contributed by atoms with van der Waals surface area (Å²) in [5, 5.41) is 4.27. The molecule has 1 saturated heterocycles. The zero-order chi connectivity index (χ0) is 20.3. The van der Waals surface area contributed by atoms with E-state index in [0.29, 0.717) is 0 Å². The molecule has 1 amide bonds.